The van der Waals surface area contributed by atoms with E-state index in [1.807, 2.05) is 30.3 Å². The van der Waals surface area contributed by atoms with Crippen LogP contribution in [-0.2, 0) is 0 Å². The molecule has 28 heavy (non-hydrogen) atoms. The molecule has 7 nitrogen and oxygen atoms in total. The molecule has 1 N–H and O–H groups in total. The summed E-state index contributed by atoms with van der Waals surface area (Å²) in [4.78, 5) is 31.6. The average Bonchev–Trinajstić information content (AvgIpc) is 2.74. The maximum absolute atomic E-state index is 12.4. The predicted octanol–water partition coefficient (Wildman–Crippen LogP) is 2.76. The molecule has 2 aromatic carbocycles. The van der Waals surface area contributed by atoms with Crippen molar-refractivity contribution in [1.29, 1.82) is 0 Å². The summed E-state index contributed by atoms with van der Waals surface area (Å²) in [5.41, 5.74) is 1.43. The van der Waals surface area contributed by atoms with Gasteiger partial charge in [0.15, 0.2) is 17.1 Å². The normalized spacial score (nSPS) is 10.8. The number of nitrogens with one attached hydrogen (secondary N) is 1. The van der Waals surface area contributed by atoms with Crippen molar-refractivity contribution in [2.45, 2.75) is 0 Å². The van der Waals surface area contributed by atoms with Crippen molar-refractivity contribution in [1.82, 2.24) is 14.5 Å². The highest BCUT2D eigenvalue weighted by Crippen LogP contribution is 2.32. The zero-order valence-corrected chi connectivity index (χ0v) is 15.3. The smallest absolute Gasteiger partial charge is 0.334 e. The van der Waals surface area contributed by atoms with E-state index in [4.69, 9.17) is 9.47 Å². The van der Waals surface area contributed by atoms with Crippen molar-refractivity contribution in [2.24, 2.45) is 0 Å². The van der Waals surface area contributed by atoms with Crippen molar-refractivity contribution in [3.8, 4) is 28.3 Å². The number of benzene rings is 2. The van der Waals surface area contributed by atoms with E-state index in [0.29, 0.717) is 28.2 Å². The summed E-state index contributed by atoms with van der Waals surface area (Å²) in [6, 6.07) is 16.2. The molecule has 2 heterocycles. The number of ether oxygens (including phenoxy) is 2. The van der Waals surface area contributed by atoms with E-state index >= 15 is 0 Å². The Balaban J connectivity index is 1.94. The molecule has 0 fully saturated rings. The molecule has 0 amide bonds. The molecule has 7 heteroatoms. The molecule has 4 aromatic rings. The van der Waals surface area contributed by atoms with Gasteiger partial charge >= 0.3 is 5.69 Å². The minimum atomic E-state index is -0.532. The quantitative estimate of drug-likeness (QED) is 0.593. The maximum Gasteiger partial charge on any atom is 0.334 e. The van der Waals surface area contributed by atoms with Crippen LogP contribution in [0.25, 0.3) is 27.8 Å². The van der Waals surface area contributed by atoms with Gasteiger partial charge in [-0.25, -0.2) is 14.3 Å². The van der Waals surface area contributed by atoms with E-state index in [9.17, 15) is 9.59 Å². The van der Waals surface area contributed by atoms with Crippen molar-refractivity contribution in [3.63, 3.8) is 0 Å². The zero-order chi connectivity index (χ0) is 19.7. The highest BCUT2D eigenvalue weighted by atomic mass is 16.5. The van der Waals surface area contributed by atoms with Crippen molar-refractivity contribution >= 4 is 11.0 Å². The van der Waals surface area contributed by atoms with Crippen LogP contribution in [0.5, 0.6) is 11.5 Å². The Labute approximate surface area is 159 Å². The van der Waals surface area contributed by atoms with Gasteiger partial charge in [0.25, 0.3) is 5.56 Å². The van der Waals surface area contributed by atoms with Crippen LogP contribution < -0.4 is 20.7 Å². The summed E-state index contributed by atoms with van der Waals surface area (Å²) >= 11 is 0. The number of hydrogen-bond donors (Lipinski definition) is 1. The zero-order valence-electron chi connectivity index (χ0n) is 15.3. The van der Waals surface area contributed by atoms with Gasteiger partial charge in [0.2, 0.25) is 0 Å². The summed E-state index contributed by atoms with van der Waals surface area (Å²) < 4.78 is 12.0. The minimum Gasteiger partial charge on any atom is -0.493 e. The topological polar surface area (TPSA) is 86.2 Å². The SMILES string of the molecule is COc1ccc(-c2cnc3c(c2)c(=O)[nH]c(=O)n3-c2ccccc2)cc1OC. The summed E-state index contributed by atoms with van der Waals surface area (Å²) in [5.74, 6) is 1.18. The molecule has 4 rings (SSSR count). The van der Waals surface area contributed by atoms with E-state index in [2.05, 4.69) is 9.97 Å². The average molecular weight is 375 g/mol. The molecule has 2 aromatic heterocycles. The number of pyridine rings is 1. The second-order valence-electron chi connectivity index (χ2n) is 6.10. The first-order valence-electron chi connectivity index (χ1n) is 8.55. The maximum atomic E-state index is 12.4. The number of rotatable bonds is 4. The largest absolute Gasteiger partial charge is 0.493 e. The first kappa shape index (κ1) is 17.5. The van der Waals surface area contributed by atoms with Gasteiger partial charge in [-0.05, 0) is 35.9 Å². The lowest BCUT2D eigenvalue weighted by Gasteiger charge is -2.11. The van der Waals surface area contributed by atoms with Crippen LogP contribution in [0, 0.1) is 0 Å². The molecule has 0 saturated heterocycles. The third-order valence-electron chi connectivity index (χ3n) is 4.48. The van der Waals surface area contributed by atoms with E-state index in [1.54, 1.807) is 44.7 Å². The Morgan fingerprint density at radius 1 is 0.893 bits per heavy atom. The fraction of sp³-hybridized carbons (Fsp3) is 0.0952. The molecule has 0 radical (unpaired) electrons. The lowest BCUT2D eigenvalue weighted by Crippen LogP contribution is -2.29. The highest BCUT2D eigenvalue weighted by molar-refractivity contribution is 5.82. The van der Waals surface area contributed by atoms with Crippen LogP contribution in [0.15, 0.2) is 70.4 Å². The number of para-hydroxylation sites is 1. The van der Waals surface area contributed by atoms with Gasteiger partial charge in [0.1, 0.15) is 0 Å². The third-order valence-corrected chi connectivity index (χ3v) is 4.48. The Bertz CT molecular complexity index is 1280. The number of hydrogen-bond acceptors (Lipinski definition) is 5. The summed E-state index contributed by atoms with van der Waals surface area (Å²) in [6.45, 7) is 0. The van der Waals surface area contributed by atoms with Crippen molar-refractivity contribution in [2.75, 3.05) is 14.2 Å². The lowest BCUT2D eigenvalue weighted by molar-refractivity contribution is 0.355. The van der Waals surface area contributed by atoms with E-state index in [-0.39, 0.29) is 0 Å². The molecule has 0 saturated carbocycles. The number of fused-ring (bicyclic) bond motifs is 1. The lowest BCUT2D eigenvalue weighted by atomic mass is 10.1. The van der Waals surface area contributed by atoms with Gasteiger partial charge in [-0.1, -0.05) is 24.3 Å². The molecule has 0 unspecified atom stereocenters. The Morgan fingerprint density at radius 3 is 2.36 bits per heavy atom. The van der Waals surface area contributed by atoms with Gasteiger partial charge < -0.3 is 9.47 Å². The Hall–Kier alpha value is -3.87. The summed E-state index contributed by atoms with van der Waals surface area (Å²) in [6.07, 6.45) is 1.63. The molecule has 0 aliphatic rings. The number of nitrogens with zero attached hydrogens (tertiary/aromatic N) is 2. The van der Waals surface area contributed by atoms with Gasteiger partial charge in [-0.3, -0.25) is 9.78 Å². The van der Waals surface area contributed by atoms with Crippen LogP contribution in [0.3, 0.4) is 0 Å². The van der Waals surface area contributed by atoms with Gasteiger partial charge in [-0.15, -0.1) is 0 Å². The molecule has 0 spiro atoms. The van der Waals surface area contributed by atoms with Gasteiger partial charge in [-0.2, -0.15) is 0 Å². The fourth-order valence-electron chi connectivity index (χ4n) is 3.11. The summed E-state index contributed by atoms with van der Waals surface area (Å²) in [5, 5.41) is 0.315. The Morgan fingerprint density at radius 2 is 1.64 bits per heavy atom. The van der Waals surface area contributed by atoms with Crippen molar-refractivity contribution in [3.05, 3.63) is 81.6 Å². The second-order valence-corrected chi connectivity index (χ2v) is 6.10. The van der Waals surface area contributed by atoms with Crippen molar-refractivity contribution < 1.29 is 9.47 Å². The molecule has 0 bridgehead atoms. The minimum absolute atomic E-state index is 0.296. The third kappa shape index (κ3) is 2.92. The van der Waals surface area contributed by atoms with Crippen LogP contribution >= 0.6 is 0 Å². The van der Waals surface area contributed by atoms with Crippen LogP contribution in [-0.4, -0.2) is 28.8 Å². The van der Waals surface area contributed by atoms with Gasteiger partial charge in [0.05, 0.1) is 25.3 Å². The monoisotopic (exact) mass is 375 g/mol. The first-order chi connectivity index (χ1) is 13.6. The predicted molar refractivity (Wildman–Crippen MR) is 107 cm³/mol. The second kappa shape index (κ2) is 7.03. The van der Waals surface area contributed by atoms with Crippen LogP contribution in [0.4, 0.5) is 0 Å². The van der Waals surface area contributed by atoms with Crippen LogP contribution in [0.2, 0.25) is 0 Å². The van der Waals surface area contributed by atoms with E-state index in [1.165, 1.54) is 4.57 Å². The number of aromatic nitrogens is 3. The van der Waals surface area contributed by atoms with E-state index < -0.39 is 11.2 Å². The molecule has 0 aliphatic carbocycles. The van der Waals surface area contributed by atoms with Crippen LogP contribution in [0.1, 0.15) is 0 Å². The molecular weight excluding hydrogens is 358 g/mol. The number of methoxy groups -OCH3 is 2. The molecule has 0 atom stereocenters. The molecule has 0 aliphatic heterocycles. The first-order valence-corrected chi connectivity index (χ1v) is 8.55. The molecular formula is C21H17N3O4. The summed E-state index contributed by atoms with van der Waals surface area (Å²) in [7, 11) is 3.13. The Kier molecular flexibility index (Phi) is 4.41. The molecule has 140 valence electrons. The standard InChI is InChI=1S/C21H17N3O4/c1-27-17-9-8-13(11-18(17)28-2)14-10-16-19(22-12-14)24(21(26)23-20(16)25)15-6-4-3-5-7-15/h3-12H,1-2H3,(H,23,25,26). The van der Waals surface area contributed by atoms with Gasteiger partial charge in [0, 0.05) is 11.8 Å². The highest BCUT2D eigenvalue weighted by Gasteiger charge is 2.13. The number of aromatic amines is 1. The fourth-order valence-corrected chi connectivity index (χ4v) is 3.11. The van der Waals surface area contributed by atoms with E-state index in [0.717, 1.165) is 11.1 Å². The number of H-pyrrole nitrogens is 1.